The summed E-state index contributed by atoms with van der Waals surface area (Å²) in [5, 5.41) is 3.67. The van der Waals surface area contributed by atoms with Crippen molar-refractivity contribution in [1.82, 2.24) is 10.2 Å². The van der Waals surface area contributed by atoms with Crippen LogP contribution < -0.4 is 5.32 Å². The van der Waals surface area contributed by atoms with Gasteiger partial charge in [0.1, 0.15) is 0 Å². The summed E-state index contributed by atoms with van der Waals surface area (Å²) in [6, 6.07) is 1.81. The summed E-state index contributed by atoms with van der Waals surface area (Å²) in [5.74, 6) is 0. The monoisotopic (exact) mass is 242 g/mol. The minimum absolute atomic E-state index is 0.377. The fraction of sp³-hybridized carbons (Fsp3) is 1.00. The molecule has 0 amide bonds. The third-order valence-electron chi connectivity index (χ3n) is 3.91. The van der Waals surface area contributed by atoms with Gasteiger partial charge in [0.15, 0.2) is 0 Å². The third-order valence-corrected chi connectivity index (χ3v) is 3.91. The zero-order valence-corrected chi connectivity index (χ0v) is 12.2. The van der Waals surface area contributed by atoms with Crippen molar-refractivity contribution in [2.75, 3.05) is 19.7 Å². The van der Waals surface area contributed by atoms with E-state index >= 15 is 0 Å². The smallest absolute Gasteiger partial charge is 0.0674 e. The van der Waals surface area contributed by atoms with Gasteiger partial charge in [0, 0.05) is 31.2 Å². The van der Waals surface area contributed by atoms with Gasteiger partial charge in [0.05, 0.1) is 12.7 Å². The molecule has 3 unspecified atom stereocenters. The quantitative estimate of drug-likeness (QED) is 0.773. The van der Waals surface area contributed by atoms with E-state index in [1.807, 2.05) is 0 Å². The highest BCUT2D eigenvalue weighted by Crippen LogP contribution is 2.14. The van der Waals surface area contributed by atoms with E-state index in [1.165, 1.54) is 12.8 Å². The molecule has 3 heteroatoms. The lowest BCUT2D eigenvalue weighted by Crippen LogP contribution is -2.54. The van der Waals surface area contributed by atoms with Crippen molar-refractivity contribution in [2.45, 2.75) is 71.7 Å². The molecule has 3 nitrogen and oxygen atoms in total. The molecular formula is C14H30N2O. The summed E-state index contributed by atoms with van der Waals surface area (Å²) in [6.07, 6.45) is 2.82. The van der Waals surface area contributed by atoms with Gasteiger partial charge in [-0.3, -0.25) is 4.90 Å². The van der Waals surface area contributed by atoms with Gasteiger partial charge in [-0.2, -0.15) is 0 Å². The van der Waals surface area contributed by atoms with Gasteiger partial charge < -0.3 is 10.1 Å². The van der Waals surface area contributed by atoms with E-state index in [0.717, 1.165) is 19.7 Å². The summed E-state index contributed by atoms with van der Waals surface area (Å²) in [4.78, 5) is 2.57. The van der Waals surface area contributed by atoms with Gasteiger partial charge in [-0.15, -0.1) is 0 Å². The minimum atomic E-state index is 0.377. The highest BCUT2D eigenvalue weighted by molar-refractivity contribution is 4.81. The molecule has 0 saturated carbocycles. The Morgan fingerprint density at radius 3 is 2.53 bits per heavy atom. The molecule has 0 aromatic heterocycles. The van der Waals surface area contributed by atoms with E-state index in [9.17, 15) is 0 Å². The average Bonchev–Trinajstić information content (AvgIpc) is 2.33. The third kappa shape index (κ3) is 4.57. The van der Waals surface area contributed by atoms with Crippen LogP contribution in [-0.2, 0) is 4.74 Å². The van der Waals surface area contributed by atoms with Crippen LogP contribution in [0, 0.1) is 0 Å². The van der Waals surface area contributed by atoms with Crippen molar-refractivity contribution in [1.29, 1.82) is 0 Å². The summed E-state index contributed by atoms with van der Waals surface area (Å²) >= 11 is 0. The second-order valence-electron chi connectivity index (χ2n) is 5.46. The first-order valence-electron chi connectivity index (χ1n) is 7.19. The zero-order valence-electron chi connectivity index (χ0n) is 12.2. The van der Waals surface area contributed by atoms with E-state index in [0.29, 0.717) is 24.2 Å². The molecule has 0 bridgehead atoms. The number of morpholine rings is 1. The Bertz CT molecular complexity index is 206. The van der Waals surface area contributed by atoms with Crippen LogP contribution in [-0.4, -0.2) is 48.8 Å². The van der Waals surface area contributed by atoms with Gasteiger partial charge in [-0.1, -0.05) is 13.8 Å². The number of hydrogen-bond acceptors (Lipinski definition) is 3. The first-order valence-corrected chi connectivity index (χ1v) is 7.19. The molecule has 1 rings (SSSR count). The standard InChI is InChI=1S/C14H30N2O/c1-6-14(7-2)15-8-11(3)16-9-13(5)17-10-12(16)4/h11-15H,6-10H2,1-5H3. The fourth-order valence-corrected chi connectivity index (χ4v) is 2.57. The summed E-state index contributed by atoms with van der Waals surface area (Å²) < 4.78 is 5.68. The molecule has 0 spiro atoms. The van der Waals surface area contributed by atoms with Crippen molar-refractivity contribution < 1.29 is 4.74 Å². The first-order chi connectivity index (χ1) is 8.08. The molecule has 102 valence electrons. The lowest BCUT2D eigenvalue weighted by atomic mass is 10.1. The Labute approximate surface area is 107 Å². The summed E-state index contributed by atoms with van der Waals surface area (Å²) in [5.41, 5.74) is 0. The van der Waals surface area contributed by atoms with Crippen molar-refractivity contribution in [3.05, 3.63) is 0 Å². The minimum Gasteiger partial charge on any atom is -0.376 e. The Balaban J connectivity index is 2.37. The molecule has 0 radical (unpaired) electrons. The van der Waals surface area contributed by atoms with Gasteiger partial charge in [-0.05, 0) is 33.6 Å². The molecule has 1 saturated heterocycles. The van der Waals surface area contributed by atoms with Crippen LogP contribution in [0.1, 0.15) is 47.5 Å². The highest BCUT2D eigenvalue weighted by atomic mass is 16.5. The van der Waals surface area contributed by atoms with Crippen LogP contribution in [0.4, 0.5) is 0 Å². The maximum Gasteiger partial charge on any atom is 0.0674 e. The number of nitrogens with zero attached hydrogens (tertiary/aromatic N) is 1. The summed E-state index contributed by atoms with van der Waals surface area (Å²) in [7, 11) is 0. The van der Waals surface area contributed by atoms with Gasteiger partial charge >= 0.3 is 0 Å². The Hall–Kier alpha value is -0.120. The number of ether oxygens (including phenoxy) is 1. The fourth-order valence-electron chi connectivity index (χ4n) is 2.57. The predicted octanol–water partition coefficient (Wildman–Crippen LogP) is 2.26. The van der Waals surface area contributed by atoms with Crippen molar-refractivity contribution in [3.63, 3.8) is 0 Å². The lowest BCUT2D eigenvalue weighted by Gasteiger charge is -2.41. The van der Waals surface area contributed by atoms with Crippen molar-refractivity contribution in [3.8, 4) is 0 Å². The number of nitrogens with one attached hydrogen (secondary N) is 1. The maximum atomic E-state index is 5.68. The molecule has 0 aliphatic carbocycles. The van der Waals surface area contributed by atoms with Crippen LogP contribution >= 0.6 is 0 Å². The van der Waals surface area contributed by atoms with Crippen LogP contribution in [0.5, 0.6) is 0 Å². The van der Waals surface area contributed by atoms with E-state index < -0.39 is 0 Å². The SMILES string of the molecule is CCC(CC)NCC(C)N1CC(C)OCC1C. The zero-order chi connectivity index (χ0) is 12.8. The molecule has 17 heavy (non-hydrogen) atoms. The van der Waals surface area contributed by atoms with Gasteiger partial charge in [0.2, 0.25) is 0 Å². The predicted molar refractivity (Wildman–Crippen MR) is 73.4 cm³/mol. The van der Waals surface area contributed by atoms with Gasteiger partial charge in [0.25, 0.3) is 0 Å². The average molecular weight is 242 g/mol. The second kappa shape index (κ2) is 7.34. The lowest BCUT2D eigenvalue weighted by molar-refractivity contribution is -0.0632. The highest BCUT2D eigenvalue weighted by Gasteiger charge is 2.27. The molecule has 1 N–H and O–H groups in total. The molecule has 1 fully saturated rings. The molecule has 1 aliphatic rings. The normalized spacial score (nSPS) is 28.6. The van der Waals surface area contributed by atoms with E-state index in [-0.39, 0.29) is 0 Å². The Kier molecular flexibility index (Phi) is 6.45. The first kappa shape index (κ1) is 14.9. The molecule has 1 heterocycles. The van der Waals surface area contributed by atoms with E-state index in [2.05, 4.69) is 44.8 Å². The molecular weight excluding hydrogens is 212 g/mol. The van der Waals surface area contributed by atoms with Crippen LogP contribution in [0.3, 0.4) is 0 Å². The topological polar surface area (TPSA) is 24.5 Å². The van der Waals surface area contributed by atoms with E-state index in [1.54, 1.807) is 0 Å². The van der Waals surface area contributed by atoms with Crippen LogP contribution in [0.25, 0.3) is 0 Å². The molecule has 0 aromatic carbocycles. The molecule has 0 aromatic rings. The Morgan fingerprint density at radius 1 is 1.29 bits per heavy atom. The Morgan fingerprint density at radius 2 is 1.94 bits per heavy atom. The number of hydrogen-bond donors (Lipinski definition) is 1. The molecule has 1 aliphatic heterocycles. The largest absolute Gasteiger partial charge is 0.376 e. The maximum absolute atomic E-state index is 5.68. The summed E-state index contributed by atoms with van der Waals surface area (Å²) in [6.45, 7) is 14.3. The second-order valence-corrected chi connectivity index (χ2v) is 5.46. The van der Waals surface area contributed by atoms with Gasteiger partial charge in [-0.25, -0.2) is 0 Å². The van der Waals surface area contributed by atoms with Crippen LogP contribution in [0.15, 0.2) is 0 Å². The number of rotatable bonds is 6. The molecule has 3 atom stereocenters. The van der Waals surface area contributed by atoms with E-state index in [4.69, 9.17) is 4.74 Å². The van der Waals surface area contributed by atoms with Crippen LogP contribution in [0.2, 0.25) is 0 Å². The van der Waals surface area contributed by atoms with Crippen molar-refractivity contribution >= 4 is 0 Å². The van der Waals surface area contributed by atoms with Crippen molar-refractivity contribution in [2.24, 2.45) is 0 Å².